The lowest BCUT2D eigenvalue weighted by Gasteiger charge is -2.24. The van der Waals surface area contributed by atoms with Gasteiger partial charge < -0.3 is 14.4 Å². The summed E-state index contributed by atoms with van der Waals surface area (Å²) >= 11 is 0. The van der Waals surface area contributed by atoms with Crippen LogP contribution in [0.2, 0.25) is 0 Å². The van der Waals surface area contributed by atoms with Crippen LogP contribution in [0.3, 0.4) is 0 Å². The van der Waals surface area contributed by atoms with Crippen LogP contribution in [0.4, 0.5) is 5.69 Å². The molecule has 8 nitrogen and oxygen atoms in total. The van der Waals surface area contributed by atoms with Gasteiger partial charge in [-0.2, -0.15) is 0 Å². The molecule has 1 aromatic rings. The molecule has 0 aromatic heterocycles. The summed E-state index contributed by atoms with van der Waals surface area (Å²) in [5, 5.41) is 11.0. The van der Waals surface area contributed by atoms with Gasteiger partial charge in [0, 0.05) is 12.5 Å². The first-order valence-electron chi connectivity index (χ1n) is 6.60. The number of benzene rings is 1. The van der Waals surface area contributed by atoms with E-state index in [0.29, 0.717) is 6.29 Å². The van der Waals surface area contributed by atoms with Crippen LogP contribution in [0.1, 0.15) is 28.8 Å². The topological polar surface area (TPSA) is 107 Å². The average molecular weight is 306 g/mol. The molecule has 0 N–H and O–H groups in total. The van der Waals surface area contributed by atoms with E-state index in [0.717, 1.165) is 0 Å². The van der Waals surface area contributed by atoms with Crippen molar-refractivity contribution in [3.05, 3.63) is 39.4 Å². The summed E-state index contributed by atoms with van der Waals surface area (Å²) < 4.78 is 4.66. The van der Waals surface area contributed by atoms with Crippen LogP contribution >= 0.6 is 0 Å². The van der Waals surface area contributed by atoms with Crippen LogP contribution in [-0.2, 0) is 20.9 Å². The lowest BCUT2D eigenvalue weighted by molar-refractivity contribution is -0.385. The van der Waals surface area contributed by atoms with Gasteiger partial charge in [-0.05, 0) is 12.5 Å². The molecule has 1 unspecified atom stereocenters. The van der Waals surface area contributed by atoms with E-state index in [4.69, 9.17) is 0 Å². The predicted octanol–water partition coefficient (Wildman–Crippen LogP) is 1.07. The molecule has 0 bridgehead atoms. The molecule has 2 rings (SSSR count). The number of hydrogen-bond donors (Lipinski definition) is 0. The van der Waals surface area contributed by atoms with Crippen molar-refractivity contribution in [3.8, 4) is 0 Å². The van der Waals surface area contributed by atoms with Gasteiger partial charge in [0.05, 0.1) is 29.7 Å². The third-order valence-corrected chi connectivity index (χ3v) is 3.58. The van der Waals surface area contributed by atoms with E-state index >= 15 is 0 Å². The number of nitro benzene ring substituents is 1. The van der Waals surface area contributed by atoms with Gasteiger partial charge in [-0.25, -0.2) is 4.79 Å². The third kappa shape index (κ3) is 2.67. The van der Waals surface area contributed by atoms with Crippen molar-refractivity contribution < 1.29 is 24.0 Å². The van der Waals surface area contributed by atoms with Gasteiger partial charge in [0.15, 0.2) is 0 Å². The molecular formula is C14H14N2O6. The Bertz CT molecular complexity index is 642. The molecule has 8 heteroatoms. The molecule has 1 heterocycles. The first kappa shape index (κ1) is 15.6. The highest BCUT2D eigenvalue weighted by Crippen LogP contribution is 2.32. The molecule has 0 spiro atoms. The largest absolute Gasteiger partial charge is 0.467 e. The zero-order chi connectivity index (χ0) is 16.3. The predicted molar refractivity (Wildman–Crippen MR) is 74.1 cm³/mol. The second-order valence-corrected chi connectivity index (χ2v) is 4.78. The third-order valence-electron chi connectivity index (χ3n) is 3.58. The van der Waals surface area contributed by atoms with Gasteiger partial charge in [-0.1, -0.05) is 6.07 Å². The zero-order valence-corrected chi connectivity index (χ0v) is 11.9. The highest BCUT2D eigenvalue weighted by Gasteiger charge is 2.39. The second kappa shape index (κ2) is 6.33. The Balaban J connectivity index is 2.36. The molecule has 22 heavy (non-hydrogen) atoms. The van der Waals surface area contributed by atoms with Crippen LogP contribution < -0.4 is 0 Å². The van der Waals surface area contributed by atoms with Crippen molar-refractivity contribution in [1.29, 1.82) is 0 Å². The molecule has 0 aliphatic carbocycles. The fourth-order valence-electron chi connectivity index (χ4n) is 2.52. The normalized spacial score (nSPS) is 14.4. The van der Waals surface area contributed by atoms with Gasteiger partial charge in [-0.3, -0.25) is 14.9 Å². The van der Waals surface area contributed by atoms with Crippen LogP contribution in [0, 0.1) is 10.1 Å². The monoisotopic (exact) mass is 306 g/mol. The molecule has 0 radical (unpaired) electrons. The number of methoxy groups -OCH3 is 1. The van der Waals surface area contributed by atoms with Crippen molar-refractivity contribution in [2.45, 2.75) is 25.4 Å². The van der Waals surface area contributed by atoms with E-state index in [2.05, 4.69) is 4.74 Å². The summed E-state index contributed by atoms with van der Waals surface area (Å²) in [7, 11) is 1.19. The van der Waals surface area contributed by atoms with Crippen molar-refractivity contribution in [3.63, 3.8) is 0 Å². The van der Waals surface area contributed by atoms with Crippen LogP contribution in [-0.4, -0.2) is 41.1 Å². The maximum Gasteiger partial charge on any atom is 0.328 e. The quantitative estimate of drug-likeness (QED) is 0.337. The van der Waals surface area contributed by atoms with Crippen LogP contribution in [0.15, 0.2) is 18.2 Å². The molecule has 0 saturated heterocycles. The van der Waals surface area contributed by atoms with Gasteiger partial charge in [0.1, 0.15) is 12.3 Å². The number of nitro groups is 1. The molecule has 1 amide bonds. The first-order chi connectivity index (χ1) is 10.5. The SMILES string of the molecule is COC(=O)C(CCC=O)N1Cc2c(cccc2[N+](=O)[O-])C1=O. The minimum Gasteiger partial charge on any atom is -0.467 e. The number of aldehydes is 1. The lowest BCUT2D eigenvalue weighted by atomic mass is 10.1. The summed E-state index contributed by atoms with van der Waals surface area (Å²) in [4.78, 5) is 46.5. The molecule has 1 aromatic carbocycles. The van der Waals surface area contributed by atoms with Crippen molar-refractivity contribution in [2.24, 2.45) is 0 Å². The van der Waals surface area contributed by atoms with E-state index in [1.165, 1.54) is 30.2 Å². The Morgan fingerprint density at radius 1 is 1.55 bits per heavy atom. The standard InChI is InChI=1S/C14H14N2O6/c1-22-14(19)12(6-3-7-17)15-8-10-9(13(15)18)4-2-5-11(10)16(20)21/h2,4-5,7,12H,3,6,8H2,1H3. The Morgan fingerprint density at radius 3 is 2.86 bits per heavy atom. The molecular weight excluding hydrogens is 292 g/mol. The minimum absolute atomic E-state index is 0.0516. The minimum atomic E-state index is -0.935. The van der Waals surface area contributed by atoms with Crippen LogP contribution in [0.5, 0.6) is 0 Å². The number of carbonyl (C=O) groups excluding carboxylic acids is 3. The Kier molecular flexibility index (Phi) is 4.50. The lowest BCUT2D eigenvalue weighted by Crippen LogP contribution is -2.42. The van der Waals surface area contributed by atoms with E-state index in [1.54, 1.807) is 0 Å². The number of nitrogens with zero attached hydrogens (tertiary/aromatic N) is 2. The smallest absolute Gasteiger partial charge is 0.328 e. The summed E-state index contributed by atoms with van der Waals surface area (Å²) in [6.45, 7) is -0.0516. The van der Waals surface area contributed by atoms with E-state index in [-0.39, 0.29) is 36.2 Å². The molecule has 116 valence electrons. The van der Waals surface area contributed by atoms with Gasteiger partial charge in [-0.15, -0.1) is 0 Å². The molecule has 1 atom stereocenters. The Morgan fingerprint density at radius 2 is 2.27 bits per heavy atom. The number of amides is 1. The maximum atomic E-state index is 12.4. The highest BCUT2D eigenvalue weighted by molar-refractivity contribution is 6.01. The molecule has 0 fully saturated rings. The van der Waals surface area contributed by atoms with Gasteiger partial charge >= 0.3 is 5.97 Å². The number of fused-ring (bicyclic) bond motifs is 1. The number of rotatable bonds is 6. The summed E-state index contributed by atoms with van der Waals surface area (Å²) in [5.41, 5.74) is 0.319. The number of carbonyl (C=O) groups is 3. The van der Waals surface area contributed by atoms with E-state index < -0.39 is 22.8 Å². The summed E-state index contributed by atoms with van der Waals surface area (Å²) in [6, 6.07) is 3.29. The Labute approximate surface area is 125 Å². The van der Waals surface area contributed by atoms with Gasteiger partial charge in [0.25, 0.3) is 11.6 Å². The molecule has 0 saturated carbocycles. The van der Waals surface area contributed by atoms with Crippen LogP contribution in [0.25, 0.3) is 0 Å². The second-order valence-electron chi connectivity index (χ2n) is 4.78. The maximum absolute atomic E-state index is 12.4. The van der Waals surface area contributed by atoms with Crippen molar-refractivity contribution in [1.82, 2.24) is 4.90 Å². The summed E-state index contributed by atoms with van der Waals surface area (Å²) in [5.74, 6) is -1.12. The molecule has 1 aliphatic rings. The fourth-order valence-corrected chi connectivity index (χ4v) is 2.52. The zero-order valence-electron chi connectivity index (χ0n) is 11.9. The highest BCUT2D eigenvalue weighted by atomic mass is 16.6. The number of ether oxygens (including phenoxy) is 1. The van der Waals surface area contributed by atoms with Gasteiger partial charge in [0.2, 0.25) is 0 Å². The number of esters is 1. The average Bonchev–Trinajstić information content (AvgIpc) is 2.84. The Hall–Kier alpha value is -2.77. The number of hydrogen-bond acceptors (Lipinski definition) is 6. The molecule has 1 aliphatic heterocycles. The van der Waals surface area contributed by atoms with Crippen molar-refractivity contribution in [2.75, 3.05) is 7.11 Å². The summed E-state index contributed by atoms with van der Waals surface area (Å²) in [6.07, 6.45) is 0.845. The van der Waals surface area contributed by atoms with Crippen molar-refractivity contribution >= 4 is 23.9 Å². The fraction of sp³-hybridized carbons (Fsp3) is 0.357. The van der Waals surface area contributed by atoms with E-state index in [9.17, 15) is 24.5 Å². The van der Waals surface area contributed by atoms with E-state index in [1.807, 2.05) is 0 Å². The first-order valence-corrected chi connectivity index (χ1v) is 6.60.